The van der Waals surface area contributed by atoms with Gasteiger partial charge in [0.1, 0.15) is 23.8 Å². The van der Waals surface area contributed by atoms with E-state index in [0.717, 1.165) is 31.0 Å². The van der Waals surface area contributed by atoms with E-state index in [2.05, 4.69) is 5.32 Å². The van der Waals surface area contributed by atoms with Crippen LogP contribution in [0.5, 0.6) is 0 Å². The van der Waals surface area contributed by atoms with E-state index in [1.165, 1.54) is 13.8 Å². The van der Waals surface area contributed by atoms with Gasteiger partial charge in [-0.1, -0.05) is 19.8 Å². The van der Waals surface area contributed by atoms with E-state index >= 15 is 0 Å². The van der Waals surface area contributed by atoms with Gasteiger partial charge in [0.2, 0.25) is 10.8 Å². The summed E-state index contributed by atoms with van der Waals surface area (Å²) in [5, 5.41) is 52.6. The van der Waals surface area contributed by atoms with Gasteiger partial charge in [0.25, 0.3) is 0 Å². The van der Waals surface area contributed by atoms with Crippen LogP contribution < -0.4 is 5.32 Å². The largest absolute Gasteiger partial charge is 0.478 e. The summed E-state index contributed by atoms with van der Waals surface area (Å²) in [6.45, 7) is 4.35. The van der Waals surface area contributed by atoms with Crippen molar-refractivity contribution >= 4 is 35.2 Å². The minimum absolute atomic E-state index is 0.0124. The molecule has 224 valence electrons. The first-order valence-electron chi connectivity index (χ1n) is 13.8. The summed E-state index contributed by atoms with van der Waals surface area (Å²) in [5.41, 5.74) is 0. The number of hydrogen-bond acceptors (Lipinski definition) is 10. The van der Waals surface area contributed by atoms with Crippen molar-refractivity contribution in [2.45, 2.75) is 101 Å². The van der Waals surface area contributed by atoms with Crippen LogP contribution in [-0.2, 0) is 23.9 Å². The SMILES string of the molecule is CC(=O)[C@@H]1CC(C(=O)NCCCCCCSC2(C(=O)O)C[C@H](O)[C@@H](C)C([C@H](O)[C@H](O)CO)O2)C[C@H](C(C)=O)C1. The van der Waals surface area contributed by atoms with E-state index in [9.17, 15) is 39.6 Å². The highest BCUT2D eigenvalue weighted by Crippen LogP contribution is 2.42. The smallest absolute Gasteiger partial charge is 0.346 e. The first kappa shape index (κ1) is 33.6. The minimum atomic E-state index is -1.78. The van der Waals surface area contributed by atoms with Crippen molar-refractivity contribution in [3.8, 4) is 0 Å². The third-order valence-corrected chi connectivity index (χ3v) is 9.50. The molecule has 2 fully saturated rings. The summed E-state index contributed by atoms with van der Waals surface area (Å²) in [4.78, 5) is 46.7. The van der Waals surface area contributed by atoms with E-state index in [1.807, 2.05) is 0 Å². The Kier molecular flexibility index (Phi) is 13.3. The number of ether oxygens (including phenoxy) is 1. The lowest BCUT2D eigenvalue weighted by Crippen LogP contribution is -2.59. The van der Waals surface area contributed by atoms with E-state index < -0.39 is 47.8 Å². The highest BCUT2D eigenvalue weighted by molar-refractivity contribution is 8.01. The molecule has 0 aromatic rings. The topological polar surface area (TPSA) is 191 Å². The number of carboxylic acid groups (broad SMARTS) is 1. The number of hydrogen-bond donors (Lipinski definition) is 6. The fourth-order valence-electron chi connectivity index (χ4n) is 5.43. The Morgan fingerprint density at radius 2 is 1.54 bits per heavy atom. The van der Waals surface area contributed by atoms with Crippen LogP contribution in [0.4, 0.5) is 0 Å². The zero-order chi connectivity index (χ0) is 29.3. The Morgan fingerprint density at radius 1 is 0.974 bits per heavy atom. The van der Waals surface area contributed by atoms with E-state index in [1.54, 1.807) is 6.92 Å². The normalized spacial score (nSPS) is 32.7. The summed E-state index contributed by atoms with van der Waals surface area (Å²) in [5.74, 6) is -2.46. The molecule has 9 atom stereocenters. The molecule has 2 aliphatic rings. The number of amides is 1. The third-order valence-electron chi connectivity index (χ3n) is 8.11. The molecule has 1 aliphatic carbocycles. The predicted molar refractivity (Wildman–Crippen MR) is 144 cm³/mol. The van der Waals surface area contributed by atoms with Gasteiger partial charge in [0.05, 0.1) is 18.8 Å². The number of carbonyl (C=O) groups excluding carboxylic acids is 3. The second-order valence-corrected chi connectivity index (χ2v) is 12.4. The minimum Gasteiger partial charge on any atom is -0.478 e. The molecule has 1 saturated heterocycles. The Hall–Kier alpha value is -1.57. The Balaban J connectivity index is 1.76. The van der Waals surface area contributed by atoms with Crippen molar-refractivity contribution in [1.82, 2.24) is 5.32 Å². The first-order valence-corrected chi connectivity index (χ1v) is 14.8. The van der Waals surface area contributed by atoms with E-state index in [4.69, 9.17) is 9.84 Å². The van der Waals surface area contributed by atoms with Crippen LogP contribution in [0, 0.1) is 23.7 Å². The highest BCUT2D eigenvalue weighted by Gasteiger charge is 2.53. The van der Waals surface area contributed by atoms with Crippen molar-refractivity contribution in [3.63, 3.8) is 0 Å². The molecule has 2 rings (SSSR count). The van der Waals surface area contributed by atoms with E-state index in [0.29, 0.717) is 38.0 Å². The number of aliphatic hydroxyl groups is 4. The van der Waals surface area contributed by atoms with Gasteiger partial charge in [-0.15, -0.1) is 11.8 Å². The van der Waals surface area contributed by atoms with Crippen molar-refractivity contribution in [2.75, 3.05) is 18.9 Å². The monoisotopic (exact) mass is 575 g/mol. The van der Waals surface area contributed by atoms with Crippen LogP contribution in [0.25, 0.3) is 0 Å². The fourth-order valence-corrected chi connectivity index (χ4v) is 6.70. The number of thioether (sulfide) groups is 1. The number of carbonyl (C=O) groups is 4. The number of rotatable bonds is 15. The number of aliphatic carboxylic acids is 1. The average Bonchev–Trinajstić information content (AvgIpc) is 2.90. The Morgan fingerprint density at radius 3 is 2.08 bits per heavy atom. The number of nitrogens with one attached hydrogen (secondary N) is 1. The maximum atomic E-state index is 12.7. The van der Waals surface area contributed by atoms with E-state index in [-0.39, 0.29) is 41.6 Å². The van der Waals surface area contributed by atoms with Gasteiger partial charge in [-0.05, 0) is 51.7 Å². The zero-order valence-corrected chi connectivity index (χ0v) is 23.9. The number of carboxylic acids is 1. The molecule has 0 aromatic carbocycles. The molecule has 39 heavy (non-hydrogen) atoms. The first-order chi connectivity index (χ1) is 18.3. The van der Waals surface area contributed by atoms with Gasteiger partial charge in [0.15, 0.2) is 0 Å². The Bertz CT molecular complexity index is 834. The number of aliphatic hydroxyl groups excluding tert-OH is 4. The van der Waals surface area contributed by atoms with Crippen molar-refractivity contribution < 1.29 is 49.4 Å². The lowest BCUT2D eigenvalue weighted by molar-refractivity contribution is -0.212. The summed E-state index contributed by atoms with van der Waals surface area (Å²) in [7, 11) is 0. The molecule has 1 aliphatic heterocycles. The number of Topliss-reactive ketones (excluding diaryl/α,β-unsaturated/α-hetero) is 2. The van der Waals surface area contributed by atoms with Gasteiger partial charge in [-0.2, -0.15) is 0 Å². The number of ketones is 2. The third kappa shape index (κ3) is 9.22. The maximum Gasteiger partial charge on any atom is 0.346 e. The molecule has 0 bridgehead atoms. The quantitative estimate of drug-likeness (QED) is 0.152. The fraction of sp³-hybridized carbons (Fsp3) is 0.852. The lowest BCUT2D eigenvalue weighted by atomic mass is 9.72. The zero-order valence-electron chi connectivity index (χ0n) is 23.1. The van der Waals surface area contributed by atoms with Crippen LogP contribution in [0.3, 0.4) is 0 Å². The van der Waals surface area contributed by atoms with Crippen LogP contribution in [0.2, 0.25) is 0 Å². The molecule has 0 spiro atoms. The van der Waals surface area contributed by atoms with Gasteiger partial charge < -0.3 is 35.6 Å². The van der Waals surface area contributed by atoms with Crippen LogP contribution in [0.1, 0.15) is 72.1 Å². The molecule has 3 unspecified atom stereocenters. The van der Waals surface area contributed by atoms with Crippen LogP contribution >= 0.6 is 11.8 Å². The van der Waals surface area contributed by atoms with Crippen molar-refractivity contribution in [3.05, 3.63) is 0 Å². The molecule has 1 amide bonds. The molecule has 0 radical (unpaired) electrons. The molecular formula is C27H45NO10S. The van der Waals surface area contributed by atoms with Crippen molar-refractivity contribution in [2.24, 2.45) is 23.7 Å². The predicted octanol–water partition coefficient (Wildman–Crippen LogP) is 0.888. The summed E-state index contributed by atoms with van der Waals surface area (Å²) < 4.78 is 5.77. The lowest BCUT2D eigenvalue weighted by Gasteiger charge is -2.45. The van der Waals surface area contributed by atoms with Gasteiger partial charge in [-0.25, -0.2) is 4.79 Å². The molecule has 1 saturated carbocycles. The molecular weight excluding hydrogens is 530 g/mol. The molecule has 1 heterocycles. The molecule has 12 heteroatoms. The summed E-state index contributed by atoms with van der Waals surface area (Å²) in [6.07, 6.45) is -1.07. The highest BCUT2D eigenvalue weighted by atomic mass is 32.2. The average molecular weight is 576 g/mol. The van der Waals surface area contributed by atoms with Gasteiger partial charge >= 0.3 is 5.97 Å². The standard InChI is InChI=1S/C27H45NO10S/c1-15-21(32)13-27(26(36)37,38-24(15)23(34)22(33)14-29)39-9-7-5-4-6-8-28-25(35)20-11-18(16(2)30)10-19(12-20)17(3)31/h15,18-24,29,32-34H,4-14H2,1-3H3,(H,28,35)(H,36,37)/t15-,18-,19+,20?,21+,22-,23-,24?,27?/m1/s1. The second kappa shape index (κ2) is 15.4. The van der Waals surface area contributed by atoms with Crippen LogP contribution in [-0.4, -0.2) is 97.2 Å². The van der Waals surface area contributed by atoms with Crippen molar-refractivity contribution in [1.29, 1.82) is 0 Å². The maximum absolute atomic E-state index is 12.7. The molecule has 6 N–H and O–H groups in total. The van der Waals surface area contributed by atoms with Crippen LogP contribution in [0.15, 0.2) is 0 Å². The van der Waals surface area contributed by atoms with Gasteiger partial charge in [0, 0.05) is 36.6 Å². The Labute approximate surface area is 234 Å². The van der Waals surface area contributed by atoms with Gasteiger partial charge in [-0.3, -0.25) is 14.4 Å². The summed E-state index contributed by atoms with van der Waals surface area (Å²) in [6, 6.07) is 0. The molecule has 0 aromatic heterocycles. The second-order valence-electron chi connectivity index (χ2n) is 11.1. The summed E-state index contributed by atoms with van der Waals surface area (Å²) >= 11 is 1.03. The number of unbranched alkanes of at least 4 members (excludes halogenated alkanes) is 3. The molecule has 11 nitrogen and oxygen atoms in total.